The Labute approximate surface area is 99.1 Å². The van der Waals surface area contributed by atoms with Crippen molar-refractivity contribution in [3.63, 3.8) is 0 Å². The van der Waals surface area contributed by atoms with E-state index < -0.39 is 0 Å². The van der Waals surface area contributed by atoms with Crippen molar-refractivity contribution in [2.24, 2.45) is 5.73 Å². The maximum absolute atomic E-state index is 12.8. The third kappa shape index (κ3) is 1.85. The molecule has 1 aromatic heterocycles. The summed E-state index contributed by atoms with van der Waals surface area (Å²) < 4.78 is 14.9. The fourth-order valence-electron chi connectivity index (χ4n) is 2.28. The Bertz CT molecular complexity index is 530. The van der Waals surface area contributed by atoms with Gasteiger partial charge >= 0.3 is 0 Å². The molecule has 0 fully saturated rings. The molecule has 0 bridgehead atoms. The van der Waals surface area contributed by atoms with E-state index >= 15 is 0 Å². The number of nitrogens with two attached hydrogens (primary N) is 1. The van der Waals surface area contributed by atoms with Crippen molar-refractivity contribution in [3.8, 4) is 11.3 Å². The molecule has 2 N–H and O–H groups in total. The van der Waals surface area contributed by atoms with E-state index in [0.29, 0.717) is 0 Å². The van der Waals surface area contributed by atoms with Gasteiger partial charge in [-0.15, -0.1) is 0 Å². The standard InChI is InChI=1S/C13H14FN3/c14-10-5-3-9(4-6-10)12-8-17-7-1-2-11(15)13(17)16-12/h3-6,8,11H,1-2,7,15H2. The molecule has 4 heteroatoms. The Hall–Kier alpha value is -1.68. The fraction of sp³-hybridized carbons (Fsp3) is 0.308. The highest BCUT2D eigenvalue weighted by Crippen LogP contribution is 2.26. The summed E-state index contributed by atoms with van der Waals surface area (Å²) in [5.74, 6) is 0.713. The minimum Gasteiger partial charge on any atom is -0.333 e. The molecule has 0 saturated carbocycles. The summed E-state index contributed by atoms with van der Waals surface area (Å²) in [6.45, 7) is 0.969. The third-order valence-electron chi connectivity index (χ3n) is 3.19. The van der Waals surface area contributed by atoms with Crippen molar-refractivity contribution in [2.75, 3.05) is 0 Å². The van der Waals surface area contributed by atoms with Gasteiger partial charge in [0, 0.05) is 18.3 Å². The molecule has 0 amide bonds. The summed E-state index contributed by atoms with van der Waals surface area (Å²) in [4.78, 5) is 4.55. The van der Waals surface area contributed by atoms with Crippen molar-refractivity contribution in [1.29, 1.82) is 0 Å². The molecule has 1 atom stereocenters. The van der Waals surface area contributed by atoms with E-state index in [4.69, 9.17) is 5.73 Å². The highest BCUT2D eigenvalue weighted by Gasteiger charge is 2.19. The Morgan fingerprint density at radius 2 is 2.06 bits per heavy atom. The molecule has 0 aliphatic carbocycles. The van der Waals surface area contributed by atoms with E-state index in [0.717, 1.165) is 36.5 Å². The molecule has 0 saturated heterocycles. The van der Waals surface area contributed by atoms with Crippen LogP contribution in [0.5, 0.6) is 0 Å². The van der Waals surface area contributed by atoms with Gasteiger partial charge in [-0.25, -0.2) is 9.37 Å². The second-order valence-corrected chi connectivity index (χ2v) is 4.43. The molecular formula is C13H14FN3. The topological polar surface area (TPSA) is 43.8 Å². The first-order valence-corrected chi connectivity index (χ1v) is 5.82. The zero-order valence-electron chi connectivity index (χ0n) is 9.44. The van der Waals surface area contributed by atoms with E-state index in [1.165, 1.54) is 12.1 Å². The number of halogens is 1. The lowest BCUT2D eigenvalue weighted by molar-refractivity contribution is 0.451. The van der Waals surface area contributed by atoms with E-state index in [1.807, 2.05) is 6.20 Å². The number of aromatic nitrogens is 2. The van der Waals surface area contributed by atoms with Crippen LogP contribution in [0.1, 0.15) is 24.7 Å². The smallest absolute Gasteiger partial charge is 0.126 e. The first-order chi connectivity index (χ1) is 8.24. The Morgan fingerprint density at radius 3 is 2.76 bits per heavy atom. The van der Waals surface area contributed by atoms with Crippen molar-refractivity contribution in [2.45, 2.75) is 25.4 Å². The maximum Gasteiger partial charge on any atom is 0.126 e. The summed E-state index contributed by atoms with van der Waals surface area (Å²) in [5.41, 5.74) is 7.82. The average molecular weight is 231 g/mol. The highest BCUT2D eigenvalue weighted by molar-refractivity contribution is 5.58. The molecule has 0 radical (unpaired) electrons. The van der Waals surface area contributed by atoms with Crippen LogP contribution in [0.3, 0.4) is 0 Å². The van der Waals surface area contributed by atoms with E-state index in [1.54, 1.807) is 12.1 Å². The van der Waals surface area contributed by atoms with Gasteiger partial charge in [-0.05, 0) is 37.1 Å². The molecule has 17 heavy (non-hydrogen) atoms. The van der Waals surface area contributed by atoms with Crippen LogP contribution >= 0.6 is 0 Å². The van der Waals surface area contributed by atoms with E-state index in [2.05, 4.69) is 9.55 Å². The van der Waals surface area contributed by atoms with Crippen LogP contribution in [0.15, 0.2) is 30.5 Å². The molecule has 2 heterocycles. The van der Waals surface area contributed by atoms with Gasteiger partial charge in [0.05, 0.1) is 11.7 Å². The number of hydrogen-bond donors (Lipinski definition) is 1. The van der Waals surface area contributed by atoms with Crippen LogP contribution in [-0.2, 0) is 6.54 Å². The lowest BCUT2D eigenvalue weighted by Crippen LogP contribution is -2.21. The van der Waals surface area contributed by atoms with Crippen molar-refractivity contribution < 1.29 is 4.39 Å². The first-order valence-electron chi connectivity index (χ1n) is 5.82. The summed E-state index contributed by atoms with van der Waals surface area (Å²) in [6.07, 6.45) is 4.08. The summed E-state index contributed by atoms with van der Waals surface area (Å²) >= 11 is 0. The van der Waals surface area contributed by atoms with Crippen LogP contribution in [0.25, 0.3) is 11.3 Å². The summed E-state index contributed by atoms with van der Waals surface area (Å²) in [6, 6.07) is 6.42. The number of imidazole rings is 1. The zero-order valence-corrected chi connectivity index (χ0v) is 9.44. The molecule has 3 rings (SSSR count). The normalized spacial score (nSPS) is 19.1. The van der Waals surface area contributed by atoms with Gasteiger partial charge < -0.3 is 10.3 Å². The first kappa shape index (κ1) is 10.5. The molecule has 0 spiro atoms. The molecule has 2 aromatic rings. The van der Waals surface area contributed by atoms with Gasteiger partial charge in [0.2, 0.25) is 0 Å². The quantitative estimate of drug-likeness (QED) is 0.819. The largest absolute Gasteiger partial charge is 0.333 e. The summed E-state index contributed by atoms with van der Waals surface area (Å²) in [5, 5.41) is 0. The number of hydrogen-bond acceptors (Lipinski definition) is 2. The van der Waals surface area contributed by atoms with Crippen molar-refractivity contribution >= 4 is 0 Å². The number of benzene rings is 1. The molecule has 3 nitrogen and oxygen atoms in total. The van der Waals surface area contributed by atoms with Gasteiger partial charge in [-0.2, -0.15) is 0 Å². The fourth-order valence-corrected chi connectivity index (χ4v) is 2.28. The molecule has 1 aliphatic rings. The lowest BCUT2D eigenvalue weighted by atomic mass is 10.1. The van der Waals surface area contributed by atoms with Crippen molar-refractivity contribution in [3.05, 3.63) is 42.1 Å². The van der Waals surface area contributed by atoms with Gasteiger partial charge in [0.25, 0.3) is 0 Å². The Kier molecular flexibility index (Phi) is 2.44. The minimum absolute atomic E-state index is 0.0259. The molecule has 88 valence electrons. The number of nitrogens with zero attached hydrogens (tertiary/aromatic N) is 2. The van der Waals surface area contributed by atoms with Crippen LogP contribution in [0, 0.1) is 5.82 Å². The Morgan fingerprint density at radius 1 is 1.29 bits per heavy atom. The third-order valence-corrected chi connectivity index (χ3v) is 3.19. The van der Waals surface area contributed by atoms with E-state index in [-0.39, 0.29) is 11.9 Å². The number of fused-ring (bicyclic) bond motifs is 1. The SMILES string of the molecule is NC1CCCn2cc(-c3ccc(F)cc3)nc21. The molecule has 1 unspecified atom stereocenters. The Balaban J connectivity index is 2.02. The van der Waals surface area contributed by atoms with Crippen molar-refractivity contribution in [1.82, 2.24) is 9.55 Å². The molecule has 1 aromatic carbocycles. The van der Waals surface area contributed by atoms with Gasteiger partial charge in [0.1, 0.15) is 11.6 Å². The molecular weight excluding hydrogens is 217 g/mol. The van der Waals surface area contributed by atoms with Crippen LogP contribution in [0.4, 0.5) is 4.39 Å². The molecule has 1 aliphatic heterocycles. The van der Waals surface area contributed by atoms with Gasteiger partial charge in [0.15, 0.2) is 0 Å². The maximum atomic E-state index is 12.8. The van der Waals surface area contributed by atoms with Crippen LogP contribution < -0.4 is 5.73 Å². The highest BCUT2D eigenvalue weighted by atomic mass is 19.1. The minimum atomic E-state index is -0.227. The summed E-state index contributed by atoms with van der Waals surface area (Å²) in [7, 11) is 0. The second-order valence-electron chi connectivity index (χ2n) is 4.43. The number of rotatable bonds is 1. The van der Waals surface area contributed by atoms with Crippen LogP contribution in [-0.4, -0.2) is 9.55 Å². The average Bonchev–Trinajstić information content (AvgIpc) is 2.75. The predicted octanol–water partition coefficient (Wildman–Crippen LogP) is 2.48. The predicted molar refractivity (Wildman–Crippen MR) is 63.8 cm³/mol. The van der Waals surface area contributed by atoms with Crippen LogP contribution in [0.2, 0.25) is 0 Å². The number of aryl methyl sites for hydroxylation is 1. The lowest BCUT2D eigenvalue weighted by Gasteiger charge is -2.19. The van der Waals surface area contributed by atoms with E-state index in [9.17, 15) is 4.39 Å². The van der Waals surface area contributed by atoms with Gasteiger partial charge in [-0.1, -0.05) is 0 Å². The zero-order chi connectivity index (χ0) is 11.8. The van der Waals surface area contributed by atoms with Gasteiger partial charge in [-0.3, -0.25) is 0 Å². The second kappa shape index (κ2) is 3.96. The monoisotopic (exact) mass is 231 g/mol.